The van der Waals surface area contributed by atoms with Crippen molar-refractivity contribution in [2.24, 2.45) is 5.34 Å². The number of carbonyl (C=O) groups excluding carboxylic acids is 2. The Morgan fingerprint density at radius 1 is 1.10 bits per heavy atom. The van der Waals surface area contributed by atoms with Crippen LogP contribution in [0.25, 0.3) is 0 Å². The number of amides is 1. The second-order valence-electron chi connectivity index (χ2n) is 7.08. The molecule has 1 aromatic carbocycles. The molecule has 2 N–H and O–H groups in total. The van der Waals surface area contributed by atoms with E-state index in [4.69, 9.17) is 19.3 Å². The second kappa shape index (κ2) is 12.2. The van der Waals surface area contributed by atoms with Gasteiger partial charge in [-0.25, -0.2) is 9.59 Å². The van der Waals surface area contributed by atoms with Gasteiger partial charge in [-0.05, 0) is 51.8 Å². The summed E-state index contributed by atoms with van der Waals surface area (Å²) in [7, 11) is 0. The molecule has 11 heteroatoms. The number of esters is 1. The third kappa shape index (κ3) is 10.2. The SMILES string of the molecule is CC(C)(C)OC(=O)NCCC(=O)Oc1cc(C(=O)O)ccc1OCCCCON=O. The summed E-state index contributed by atoms with van der Waals surface area (Å²) >= 11 is 0. The first-order valence-electron chi connectivity index (χ1n) is 9.24. The predicted octanol–water partition coefficient (Wildman–Crippen LogP) is 3.06. The van der Waals surface area contributed by atoms with Crippen molar-refractivity contribution in [2.45, 2.75) is 45.6 Å². The Morgan fingerprint density at radius 2 is 1.80 bits per heavy atom. The van der Waals surface area contributed by atoms with Crippen molar-refractivity contribution in [2.75, 3.05) is 19.8 Å². The first-order chi connectivity index (χ1) is 14.1. The molecule has 0 radical (unpaired) electrons. The molecule has 0 aromatic heterocycles. The van der Waals surface area contributed by atoms with Crippen LogP contribution in [0.3, 0.4) is 0 Å². The minimum absolute atomic E-state index is 0.0205. The number of carboxylic acids is 1. The number of nitrogens with zero attached hydrogens (tertiary/aromatic N) is 1. The van der Waals surface area contributed by atoms with Gasteiger partial charge in [0.1, 0.15) is 12.2 Å². The Balaban J connectivity index is 2.62. The Bertz CT molecular complexity index is 744. The van der Waals surface area contributed by atoms with Gasteiger partial charge in [0.05, 0.1) is 18.6 Å². The molecule has 1 aromatic rings. The number of nitrogens with one attached hydrogen (secondary N) is 1. The number of alkyl carbamates (subject to hydrolysis) is 1. The summed E-state index contributed by atoms with van der Waals surface area (Å²) in [5.74, 6) is -1.75. The molecule has 0 saturated heterocycles. The Hall–Kier alpha value is -3.37. The summed E-state index contributed by atoms with van der Waals surface area (Å²) in [6, 6.07) is 3.88. The van der Waals surface area contributed by atoms with E-state index in [1.54, 1.807) is 20.8 Å². The fourth-order valence-electron chi connectivity index (χ4n) is 2.08. The van der Waals surface area contributed by atoms with Crippen LogP contribution in [0.2, 0.25) is 0 Å². The summed E-state index contributed by atoms with van der Waals surface area (Å²) in [4.78, 5) is 49.0. The van der Waals surface area contributed by atoms with Gasteiger partial charge >= 0.3 is 18.0 Å². The minimum Gasteiger partial charge on any atom is -0.490 e. The molecular formula is C19H26N2O9. The summed E-state index contributed by atoms with van der Waals surface area (Å²) in [6.07, 6.45) is 0.223. The van der Waals surface area contributed by atoms with Crippen LogP contribution < -0.4 is 14.8 Å². The van der Waals surface area contributed by atoms with Gasteiger partial charge in [-0.2, -0.15) is 0 Å². The molecule has 0 aliphatic rings. The highest BCUT2D eigenvalue weighted by Gasteiger charge is 2.17. The van der Waals surface area contributed by atoms with Gasteiger partial charge < -0.3 is 29.5 Å². The average Bonchev–Trinajstić information content (AvgIpc) is 2.63. The van der Waals surface area contributed by atoms with Gasteiger partial charge in [-0.1, -0.05) is 0 Å². The molecule has 0 spiro atoms. The fraction of sp³-hybridized carbons (Fsp3) is 0.526. The van der Waals surface area contributed by atoms with E-state index in [1.165, 1.54) is 18.2 Å². The number of hydrogen-bond donors (Lipinski definition) is 2. The van der Waals surface area contributed by atoms with Crippen LogP contribution in [0.15, 0.2) is 23.5 Å². The summed E-state index contributed by atoms with van der Waals surface area (Å²) < 4.78 is 15.8. The van der Waals surface area contributed by atoms with Gasteiger partial charge in [0, 0.05) is 6.54 Å². The molecular weight excluding hydrogens is 400 g/mol. The summed E-state index contributed by atoms with van der Waals surface area (Å²) in [6.45, 7) is 5.49. The van der Waals surface area contributed by atoms with Crippen molar-refractivity contribution in [3.8, 4) is 11.5 Å². The number of unbranched alkanes of at least 4 members (excludes halogenated alkanes) is 1. The number of benzene rings is 1. The summed E-state index contributed by atoms with van der Waals surface area (Å²) in [5, 5.41) is 13.8. The van der Waals surface area contributed by atoms with Gasteiger partial charge in [-0.15, -0.1) is 4.91 Å². The average molecular weight is 426 g/mol. The second-order valence-corrected chi connectivity index (χ2v) is 7.08. The van der Waals surface area contributed by atoms with Crippen molar-refractivity contribution in [1.29, 1.82) is 0 Å². The predicted molar refractivity (Wildman–Crippen MR) is 104 cm³/mol. The molecule has 166 valence electrons. The molecule has 0 heterocycles. The molecule has 0 atom stereocenters. The van der Waals surface area contributed by atoms with Crippen LogP contribution >= 0.6 is 0 Å². The van der Waals surface area contributed by atoms with Crippen LogP contribution in [0.5, 0.6) is 11.5 Å². The van der Waals surface area contributed by atoms with Crippen molar-refractivity contribution >= 4 is 18.0 Å². The van der Waals surface area contributed by atoms with E-state index in [-0.39, 0.29) is 43.2 Å². The molecule has 0 unspecified atom stereocenters. The van der Waals surface area contributed by atoms with Crippen molar-refractivity contribution < 1.29 is 38.5 Å². The van der Waals surface area contributed by atoms with Crippen LogP contribution in [0, 0.1) is 4.91 Å². The van der Waals surface area contributed by atoms with Gasteiger partial charge in [0.15, 0.2) is 16.8 Å². The molecule has 0 aliphatic heterocycles. The molecule has 1 rings (SSSR count). The van der Waals surface area contributed by atoms with Gasteiger partial charge in [0.25, 0.3) is 0 Å². The molecule has 11 nitrogen and oxygen atoms in total. The molecule has 0 aliphatic carbocycles. The minimum atomic E-state index is -1.19. The zero-order chi connectivity index (χ0) is 22.6. The number of aromatic carboxylic acids is 1. The number of carboxylic acid groups (broad SMARTS) is 1. The Kier molecular flexibility index (Phi) is 10.1. The molecule has 0 bridgehead atoms. The lowest BCUT2D eigenvalue weighted by atomic mass is 10.2. The topological polar surface area (TPSA) is 150 Å². The maximum atomic E-state index is 12.1. The monoisotopic (exact) mass is 426 g/mol. The van der Waals surface area contributed by atoms with Crippen molar-refractivity contribution in [3.05, 3.63) is 28.7 Å². The van der Waals surface area contributed by atoms with E-state index >= 15 is 0 Å². The first kappa shape index (κ1) is 24.7. The third-order valence-corrected chi connectivity index (χ3v) is 3.35. The molecule has 1 amide bonds. The largest absolute Gasteiger partial charge is 0.490 e. The van der Waals surface area contributed by atoms with E-state index in [2.05, 4.69) is 15.5 Å². The number of hydrogen-bond acceptors (Lipinski definition) is 9. The quantitative estimate of drug-likeness (QED) is 0.169. The zero-order valence-corrected chi connectivity index (χ0v) is 17.1. The van der Waals surface area contributed by atoms with Crippen LogP contribution in [-0.2, 0) is 14.4 Å². The standard InChI is InChI=1S/C19H26N2O9/c1-19(2,3)30-18(25)20-9-8-16(22)29-15-12-13(17(23)24)6-7-14(15)27-10-4-5-11-28-21-26/h6-7,12H,4-5,8-11H2,1-3H3,(H,20,25)(H,23,24). The normalized spacial score (nSPS) is 10.6. The zero-order valence-electron chi connectivity index (χ0n) is 17.1. The van der Waals surface area contributed by atoms with Crippen LogP contribution in [0.4, 0.5) is 4.79 Å². The van der Waals surface area contributed by atoms with Crippen molar-refractivity contribution in [1.82, 2.24) is 5.32 Å². The molecule has 0 saturated carbocycles. The Morgan fingerprint density at radius 3 is 2.43 bits per heavy atom. The molecule has 0 fully saturated rings. The van der Waals surface area contributed by atoms with E-state index in [9.17, 15) is 19.3 Å². The van der Waals surface area contributed by atoms with E-state index in [0.717, 1.165) is 0 Å². The maximum absolute atomic E-state index is 12.1. The van der Waals surface area contributed by atoms with Crippen molar-refractivity contribution in [3.63, 3.8) is 0 Å². The third-order valence-electron chi connectivity index (χ3n) is 3.35. The number of ether oxygens (including phenoxy) is 3. The van der Waals surface area contributed by atoms with Crippen LogP contribution in [-0.4, -0.2) is 48.5 Å². The van der Waals surface area contributed by atoms with E-state index in [1.807, 2.05) is 0 Å². The van der Waals surface area contributed by atoms with Crippen LogP contribution in [0.1, 0.15) is 50.4 Å². The van der Waals surface area contributed by atoms with Gasteiger partial charge in [-0.3, -0.25) is 4.79 Å². The number of rotatable bonds is 12. The first-order valence-corrected chi connectivity index (χ1v) is 9.24. The summed E-state index contributed by atoms with van der Waals surface area (Å²) in [5.41, 5.74) is -0.744. The van der Waals surface area contributed by atoms with Gasteiger partial charge in [0.2, 0.25) is 0 Å². The maximum Gasteiger partial charge on any atom is 0.407 e. The smallest absolute Gasteiger partial charge is 0.407 e. The van der Waals surface area contributed by atoms with E-state index < -0.39 is 23.6 Å². The fourth-order valence-corrected chi connectivity index (χ4v) is 2.08. The highest BCUT2D eigenvalue weighted by atomic mass is 16.7. The highest BCUT2D eigenvalue weighted by Crippen LogP contribution is 2.29. The number of carbonyl (C=O) groups is 3. The van der Waals surface area contributed by atoms with E-state index in [0.29, 0.717) is 12.8 Å². The lowest BCUT2D eigenvalue weighted by molar-refractivity contribution is -0.134. The lowest BCUT2D eigenvalue weighted by Gasteiger charge is -2.19. The highest BCUT2D eigenvalue weighted by molar-refractivity contribution is 5.89. The lowest BCUT2D eigenvalue weighted by Crippen LogP contribution is -2.34. The Labute approximate surface area is 173 Å². The molecule has 30 heavy (non-hydrogen) atoms.